The fraction of sp³-hybridized carbons (Fsp3) is 0.500. The third-order valence-electron chi connectivity index (χ3n) is 4.00. The molecule has 0 saturated heterocycles. The minimum Gasteiger partial charge on any atom is -0.494 e. The second kappa shape index (κ2) is 8.33. The van der Waals surface area contributed by atoms with Gasteiger partial charge in [-0.05, 0) is 43.0 Å². The second-order valence-electron chi connectivity index (χ2n) is 6.01. The highest BCUT2D eigenvalue weighted by molar-refractivity contribution is 7.90. The van der Waals surface area contributed by atoms with Gasteiger partial charge in [0.1, 0.15) is 15.6 Å². The smallest absolute Gasteiger partial charge is 0.222 e. The number of sulfone groups is 1. The van der Waals surface area contributed by atoms with Crippen LogP contribution in [0, 0.1) is 0 Å². The summed E-state index contributed by atoms with van der Waals surface area (Å²) >= 11 is 0. The molecule has 0 radical (unpaired) electrons. The SMILES string of the molecule is CCOc1ccc(C2=CCN(C(=O)CCCS(C)(=O)=O)CC2)cc1. The van der Waals surface area contributed by atoms with Gasteiger partial charge in [0.25, 0.3) is 0 Å². The van der Waals surface area contributed by atoms with Crippen LogP contribution in [0.1, 0.15) is 31.7 Å². The summed E-state index contributed by atoms with van der Waals surface area (Å²) in [7, 11) is -3.00. The van der Waals surface area contributed by atoms with Crippen molar-refractivity contribution in [2.75, 3.05) is 31.7 Å². The van der Waals surface area contributed by atoms with Crippen molar-refractivity contribution in [3.05, 3.63) is 35.9 Å². The molecule has 1 aliphatic rings. The molecule has 1 aromatic carbocycles. The second-order valence-corrected chi connectivity index (χ2v) is 8.27. The van der Waals surface area contributed by atoms with Crippen molar-refractivity contribution in [3.8, 4) is 5.75 Å². The topological polar surface area (TPSA) is 63.7 Å². The first-order valence-corrected chi connectivity index (χ1v) is 10.3. The normalized spacial score (nSPS) is 15.1. The standard InChI is InChI=1S/C18H25NO4S/c1-3-23-17-8-6-15(7-9-17)16-10-12-19(13-11-16)18(20)5-4-14-24(2,21)22/h6-10H,3-5,11-14H2,1-2H3. The van der Waals surface area contributed by atoms with E-state index in [2.05, 4.69) is 6.08 Å². The van der Waals surface area contributed by atoms with E-state index in [-0.39, 0.29) is 11.7 Å². The summed E-state index contributed by atoms with van der Waals surface area (Å²) in [5, 5.41) is 0. The fourth-order valence-electron chi connectivity index (χ4n) is 2.73. The summed E-state index contributed by atoms with van der Waals surface area (Å²) in [6.45, 7) is 3.87. The number of hydrogen-bond donors (Lipinski definition) is 0. The molecule has 6 heteroatoms. The lowest BCUT2D eigenvalue weighted by Gasteiger charge is -2.27. The number of ether oxygens (including phenoxy) is 1. The molecule has 0 unspecified atom stereocenters. The molecule has 5 nitrogen and oxygen atoms in total. The minimum atomic E-state index is -3.00. The zero-order chi connectivity index (χ0) is 17.6. The van der Waals surface area contributed by atoms with E-state index in [1.165, 1.54) is 11.8 Å². The van der Waals surface area contributed by atoms with Gasteiger partial charge in [0, 0.05) is 25.8 Å². The van der Waals surface area contributed by atoms with E-state index < -0.39 is 9.84 Å². The van der Waals surface area contributed by atoms with Gasteiger partial charge < -0.3 is 9.64 Å². The number of benzene rings is 1. The Morgan fingerprint density at radius 3 is 2.50 bits per heavy atom. The average molecular weight is 351 g/mol. The van der Waals surface area contributed by atoms with Gasteiger partial charge >= 0.3 is 0 Å². The van der Waals surface area contributed by atoms with Crippen LogP contribution in [0.2, 0.25) is 0 Å². The quantitative estimate of drug-likeness (QED) is 0.757. The molecule has 0 atom stereocenters. The number of amides is 1. The van der Waals surface area contributed by atoms with Crippen molar-refractivity contribution in [1.29, 1.82) is 0 Å². The molecule has 1 heterocycles. The fourth-order valence-corrected chi connectivity index (χ4v) is 3.40. The summed E-state index contributed by atoms with van der Waals surface area (Å²) in [6, 6.07) is 8.01. The number of nitrogens with zero attached hydrogens (tertiary/aromatic N) is 1. The van der Waals surface area contributed by atoms with Crippen LogP contribution < -0.4 is 4.74 Å². The Bertz CT molecular complexity index is 692. The zero-order valence-electron chi connectivity index (χ0n) is 14.3. The lowest BCUT2D eigenvalue weighted by molar-refractivity contribution is -0.130. The van der Waals surface area contributed by atoms with Crippen LogP contribution in [0.5, 0.6) is 5.75 Å². The maximum Gasteiger partial charge on any atom is 0.222 e. The Morgan fingerprint density at radius 2 is 1.96 bits per heavy atom. The van der Waals surface area contributed by atoms with Gasteiger partial charge in [0.15, 0.2) is 0 Å². The molecule has 0 N–H and O–H groups in total. The van der Waals surface area contributed by atoms with Crippen molar-refractivity contribution in [2.24, 2.45) is 0 Å². The molecule has 0 saturated carbocycles. The average Bonchev–Trinajstić information content (AvgIpc) is 2.55. The first-order chi connectivity index (χ1) is 11.4. The van der Waals surface area contributed by atoms with E-state index in [1.807, 2.05) is 31.2 Å². The van der Waals surface area contributed by atoms with E-state index in [4.69, 9.17) is 4.74 Å². The van der Waals surface area contributed by atoms with E-state index in [0.29, 0.717) is 32.5 Å². The van der Waals surface area contributed by atoms with Crippen LogP contribution in [0.15, 0.2) is 30.3 Å². The van der Waals surface area contributed by atoms with Crippen molar-refractivity contribution in [1.82, 2.24) is 4.90 Å². The van der Waals surface area contributed by atoms with E-state index in [1.54, 1.807) is 4.90 Å². The van der Waals surface area contributed by atoms with Crippen molar-refractivity contribution >= 4 is 21.3 Å². The molecule has 0 aromatic heterocycles. The van der Waals surface area contributed by atoms with Gasteiger partial charge in [-0.1, -0.05) is 18.2 Å². The summed E-state index contributed by atoms with van der Waals surface area (Å²) in [5.41, 5.74) is 2.39. The van der Waals surface area contributed by atoms with Crippen LogP contribution in [-0.4, -0.2) is 50.9 Å². The first kappa shape index (κ1) is 18.5. The summed E-state index contributed by atoms with van der Waals surface area (Å²) in [6.07, 6.45) is 4.77. The molecule has 1 amide bonds. The molecule has 0 bridgehead atoms. The molecule has 2 rings (SSSR count). The largest absolute Gasteiger partial charge is 0.494 e. The van der Waals surface area contributed by atoms with Gasteiger partial charge in [-0.3, -0.25) is 4.79 Å². The third-order valence-corrected chi connectivity index (χ3v) is 5.03. The lowest BCUT2D eigenvalue weighted by Crippen LogP contribution is -2.34. The number of carbonyl (C=O) groups is 1. The highest BCUT2D eigenvalue weighted by Gasteiger charge is 2.18. The van der Waals surface area contributed by atoms with Gasteiger partial charge in [-0.2, -0.15) is 0 Å². The Hall–Kier alpha value is -1.82. The lowest BCUT2D eigenvalue weighted by atomic mass is 9.99. The highest BCUT2D eigenvalue weighted by atomic mass is 32.2. The summed E-state index contributed by atoms with van der Waals surface area (Å²) in [5.74, 6) is 0.959. The van der Waals surface area contributed by atoms with Crippen molar-refractivity contribution in [2.45, 2.75) is 26.2 Å². The number of rotatable bonds is 7. The van der Waals surface area contributed by atoms with Crippen molar-refractivity contribution in [3.63, 3.8) is 0 Å². The molecule has 0 spiro atoms. The van der Waals surface area contributed by atoms with E-state index >= 15 is 0 Å². The molecule has 0 aliphatic carbocycles. The molecular weight excluding hydrogens is 326 g/mol. The van der Waals surface area contributed by atoms with Gasteiger partial charge in [0.2, 0.25) is 5.91 Å². The molecule has 0 fully saturated rings. The van der Waals surface area contributed by atoms with E-state index in [0.717, 1.165) is 17.7 Å². The maximum absolute atomic E-state index is 12.1. The summed E-state index contributed by atoms with van der Waals surface area (Å²) in [4.78, 5) is 13.9. The van der Waals surface area contributed by atoms with Gasteiger partial charge in [-0.15, -0.1) is 0 Å². The van der Waals surface area contributed by atoms with Gasteiger partial charge in [-0.25, -0.2) is 8.42 Å². The van der Waals surface area contributed by atoms with Gasteiger partial charge in [0.05, 0.1) is 12.4 Å². The molecule has 1 aliphatic heterocycles. The minimum absolute atomic E-state index is 0.0284. The molecule has 1 aromatic rings. The first-order valence-electron chi connectivity index (χ1n) is 8.27. The molecular formula is C18H25NO4S. The molecule has 24 heavy (non-hydrogen) atoms. The highest BCUT2D eigenvalue weighted by Crippen LogP contribution is 2.24. The number of carbonyl (C=O) groups excluding carboxylic acids is 1. The maximum atomic E-state index is 12.1. The Labute approximate surface area is 144 Å². The Morgan fingerprint density at radius 1 is 1.25 bits per heavy atom. The predicted molar refractivity (Wildman–Crippen MR) is 95.7 cm³/mol. The van der Waals surface area contributed by atoms with Crippen molar-refractivity contribution < 1.29 is 17.9 Å². The third kappa shape index (κ3) is 5.67. The Balaban J connectivity index is 1.87. The number of hydrogen-bond acceptors (Lipinski definition) is 4. The summed E-state index contributed by atoms with van der Waals surface area (Å²) < 4.78 is 27.7. The van der Waals surface area contributed by atoms with Crippen LogP contribution >= 0.6 is 0 Å². The zero-order valence-corrected chi connectivity index (χ0v) is 15.1. The van der Waals surface area contributed by atoms with Crippen LogP contribution in [0.4, 0.5) is 0 Å². The van der Waals surface area contributed by atoms with Crippen LogP contribution in [-0.2, 0) is 14.6 Å². The van der Waals surface area contributed by atoms with E-state index in [9.17, 15) is 13.2 Å². The molecule has 132 valence electrons. The monoisotopic (exact) mass is 351 g/mol. The van der Waals surface area contributed by atoms with Crippen LogP contribution in [0.3, 0.4) is 0 Å². The van der Waals surface area contributed by atoms with Crippen LogP contribution in [0.25, 0.3) is 5.57 Å². The Kier molecular flexibility index (Phi) is 6.43. The predicted octanol–water partition coefficient (Wildman–Crippen LogP) is 2.53.